The van der Waals surface area contributed by atoms with Crippen molar-refractivity contribution in [2.75, 3.05) is 11.9 Å². The van der Waals surface area contributed by atoms with Gasteiger partial charge < -0.3 is 10.1 Å². The molecular weight excluding hydrogens is 356 g/mol. The summed E-state index contributed by atoms with van der Waals surface area (Å²) >= 11 is 5.23. The van der Waals surface area contributed by atoms with Crippen molar-refractivity contribution in [1.29, 1.82) is 0 Å². The van der Waals surface area contributed by atoms with Crippen LogP contribution in [-0.2, 0) is 4.79 Å². The van der Waals surface area contributed by atoms with E-state index in [1.807, 2.05) is 73.7 Å². The van der Waals surface area contributed by atoms with Gasteiger partial charge in [0.05, 0.1) is 12.3 Å². The lowest BCUT2D eigenvalue weighted by atomic mass is 10.0. The number of hydrogen-bond donors (Lipinski definition) is 2. The van der Waals surface area contributed by atoms with Crippen LogP contribution in [0, 0.1) is 0 Å². The van der Waals surface area contributed by atoms with Crippen molar-refractivity contribution >= 4 is 45.8 Å². The molecule has 1 amide bonds. The summed E-state index contributed by atoms with van der Waals surface area (Å²) in [6, 6.07) is 21.5. The lowest BCUT2D eigenvalue weighted by molar-refractivity contribution is -0.115. The van der Waals surface area contributed by atoms with E-state index < -0.39 is 0 Å². The molecule has 3 aromatic carbocycles. The van der Waals surface area contributed by atoms with Crippen LogP contribution >= 0.6 is 12.2 Å². The summed E-state index contributed by atoms with van der Waals surface area (Å²) < 4.78 is 5.54. The zero-order valence-electron chi connectivity index (χ0n) is 14.9. The number of fused-ring (bicyclic) bond motifs is 1. The SMILES string of the molecule is CCOc1ccccc1NC(=S)NC(=O)/C=C\c1cccc2ccccc12. The standard InChI is InChI=1S/C22H20N2O2S/c1-2-26-20-13-6-5-12-19(20)23-22(27)24-21(25)15-14-17-10-7-9-16-8-3-4-11-18(16)17/h3-15H,2H2,1H3,(H2,23,24,25,27)/b15-14-. The molecule has 27 heavy (non-hydrogen) atoms. The van der Waals surface area contributed by atoms with Gasteiger partial charge >= 0.3 is 0 Å². The molecule has 0 aliphatic rings. The summed E-state index contributed by atoms with van der Waals surface area (Å²) in [6.45, 7) is 2.46. The van der Waals surface area contributed by atoms with E-state index in [-0.39, 0.29) is 11.0 Å². The topological polar surface area (TPSA) is 50.4 Å². The number of carbonyl (C=O) groups excluding carboxylic acids is 1. The van der Waals surface area contributed by atoms with E-state index in [2.05, 4.69) is 10.6 Å². The maximum atomic E-state index is 12.2. The number of hydrogen-bond acceptors (Lipinski definition) is 3. The van der Waals surface area contributed by atoms with Gasteiger partial charge in [0.25, 0.3) is 0 Å². The molecule has 5 heteroatoms. The highest BCUT2D eigenvalue weighted by molar-refractivity contribution is 7.80. The first kappa shape index (κ1) is 18.6. The van der Waals surface area contributed by atoms with Crippen molar-refractivity contribution < 1.29 is 9.53 Å². The van der Waals surface area contributed by atoms with E-state index in [9.17, 15) is 4.79 Å². The Labute approximate surface area is 163 Å². The molecule has 0 aliphatic heterocycles. The molecule has 0 unspecified atom stereocenters. The second-order valence-corrected chi connectivity index (χ2v) is 6.18. The molecule has 2 N–H and O–H groups in total. The zero-order chi connectivity index (χ0) is 19.1. The molecule has 3 rings (SSSR count). The molecular formula is C22H20N2O2S. The highest BCUT2D eigenvalue weighted by atomic mass is 32.1. The first-order valence-electron chi connectivity index (χ1n) is 8.67. The van der Waals surface area contributed by atoms with Gasteiger partial charge in [-0.1, -0.05) is 54.6 Å². The average Bonchev–Trinajstić information content (AvgIpc) is 2.68. The monoisotopic (exact) mass is 376 g/mol. The molecule has 0 aromatic heterocycles. The predicted octanol–water partition coefficient (Wildman–Crippen LogP) is 4.76. The van der Waals surface area contributed by atoms with Gasteiger partial charge in [0, 0.05) is 6.08 Å². The van der Waals surface area contributed by atoms with Crippen LogP contribution < -0.4 is 15.4 Å². The first-order chi connectivity index (χ1) is 13.2. The molecule has 0 heterocycles. The minimum atomic E-state index is -0.297. The molecule has 0 spiro atoms. The Morgan fingerprint density at radius 1 is 1.04 bits per heavy atom. The van der Waals surface area contributed by atoms with Crippen LogP contribution in [0.3, 0.4) is 0 Å². The van der Waals surface area contributed by atoms with E-state index >= 15 is 0 Å². The summed E-state index contributed by atoms with van der Waals surface area (Å²) in [6.07, 6.45) is 3.26. The van der Waals surface area contributed by atoms with E-state index in [0.29, 0.717) is 18.0 Å². The maximum absolute atomic E-state index is 12.2. The van der Waals surface area contributed by atoms with Gasteiger partial charge in [0.2, 0.25) is 5.91 Å². The fourth-order valence-electron chi connectivity index (χ4n) is 2.72. The van der Waals surface area contributed by atoms with E-state index in [1.165, 1.54) is 6.08 Å². The average molecular weight is 376 g/mol. The van der Waals surface area contributed by atoms with Crippen LogP contribution in [0.1, 0.15) is 12.5 Å². The predicted molar refractivity (Wildman–Crippen MR) is 115 cm³/mol. The van der Waals surface area contributed by atoms with Gasteiger partial charge in [-0.05, 0) is 53.7 Å². The fraction of sp³-hybridized carbons (Fsp3) is 0.0909. The molecule has 0 saturated carbocycles. The second kappa shape index (κ2) is 8.96. The van der Waals surface area contributed by atoms with Crippen LogP contribution in [0.4, 0.5) is 5.69 Å². The highest BCUT2D eigenvalue weighted by Crippen LogP contribution is 2.23. The van der Waals surface area contributed by atoms with Crippen LogP contribution in [0.15, 0.2) is 72.8 Å². The zero-order valence-corrected chi connectivity index (χ0v) is 15.8. The summed E-state index contributed by atoms with van der Waals surface area (Å²) in [5.41, 5.74) is 1.69. The smallest absolute Gasteiger partial charge is 0.250 e. The van der Waals surface area contributed by atoms with Gasteiger partial charge in [-0.3, -0.25) is 10.1 Å². The fourth-order valence-corrected chi connectivity index (χ4v) is 2.93. The van der Waals surface area contributed by atoms with Crippen LogP contribution in [0.25, 0.3) is 16.8 Å². The quantitative estimate of drug-likeness (QED) is 0.498. The van der Waals surface area contributed by atoms with Crippen molar-refractivity contribution in [2.45, 2.75) is 6.92 Å². The number of thiocarbonyl (C=S) groups is 1. The Kier molecular flexibility index (Phi) is 6.18. The van der Waals surface area contributed by atoms with Crippen molar-refractivity contribution in [3.63, 3.8) is 0 Å². The molecule has 0 bridgehead atoms. The Morgan fingerprint density at radius 2 is 1.78 bits per heavy atom. The third-order valence-electron chi connectivity index (χ3n) is 3.91. The Morgan fingerprint density at radius 3 is 2.63 bits per heavy atom. The van der Waals surface area contributed by atoms with Crippen molar-refractivity contribution in [1.82, 2.24) is 5.32 Å². The van der Waals surface area contributed by atoms with Gasteiger partial charge in [0.1, 0.15) is 5.75 Å². The van der Waals surface area contributed by atoms with Gasteiger partial charge in [-0.2, -0.15) is 0 Å². The number of rotatable bonds is 5. The Bertz CT molecular complexity index is 993. The first-order valence-corrected chi connectivity index (χ1v) is 9.08. The molecule has 0 radical (unpaired) electrons. The molecule has 0 saturated heterocycles. The summed E-state index contributed by atoms with van der Waals surface area (Å²) in [7, 11) is 0. The van der Waals surface area contributed by atoms with E-state index in [0.717, 1.165) is 16.3 Å². The third kappa shape index (κ3) is 4.92. The van der Waals surface area contributed by atoms with Gasteiger partial charge in [0.15, 0.2) is 5.11 Å². The van der Waals surface area contributed by atoms with Gasteiger partial charge in [-0.15, -0.1) is 0 Å². The number of para-hydroxylation sites is 2. The number of ether oxygens (including phenoxy) is 1. The number of nitrogens with one attached hydrogen (secondary N) is 2. The van der Waals surface area contributed by atoms with E-state index in [4.69, 9.17) is 17.0 Å². The Hall–Kier alpha value is -3.18. The van der Waals surface area contributed by atoms with Crippen LogP contribution in [-0.4, -0.2) is 17.6 Å². The lowest BCUT2D eigenvalue weighted by Crippen LogP contribution is -2.32. The normalized spacial score (nSPS) is 10.7. The van der Waals surface area contributed by atoms with Crippen molar-refractivity contribution in [3.8, 4) is 5.75 Å². The van der Waals surface area contributed by atoms with Crippen LogP contribution in [0.5, 0.6) is 5.75 Å². The lowest BCUT2D eigenvalue weighted by Gasteiger charge is -2.12. The maximum Gasteiger partial charge on any atom is 0.250 e. The largest absolute Gasteiger partial charge is 0.492 e. The highest BCUT2D eigenvalue weighted by Gasteiger charge is 2.06. The molecule has 136 valence electrons. The molecule has 0 fully saturated rings. The molecule has 4 nitrogen and oxygen atoms in total. The van der Waals surface area contributed by atoms with Gasteiger partial charge in [-0.25, -0.2) is 0 Å². The van der Waals surface area contributed by atoms with Crippen molar-refractivity contribution in [3.05, 3.63) is 78.4 Å². The number of carbonyl (C=O) groups is 1. The van der Waals surface area contributed by atoms with Crippen molar-refractivity contribution in [2.24, 2.45) is 0 Å². The number of benzene rings is 3. The second-order valence-electron chi connectivity index (χ2n) is 5.77. The molecule has 3 aromatic rings. The number of anilines is 1. The van der Waals surface area contributed by atoms with Crippen LogP contribution in [0.2, 0.25) is 0 Å². The summed E-state index contributed by atoms with van der Waals surface area (Å²) in [4.78, 5) is 12.2. The Balaban J connectivity index is 1.65. The molecule has 0 atom stereocenters. The minimum absolute atomic E-state index is 0.217. The van der Waals surface area contributed by atoms with E-state index in [1.54, 1.807) is 6.08 Å². The summed E-state index contributed by atoms with van der Waals surface area (Å²) in [5.74, 6) is 0.386. The minimum Gasteiger partial charge on any atom is -0.492 e. The number of amides is 1. The molecule has 0 aliphatic carbocycles. The third-order valence-corrected chi connectivity index (χ3v) is 4.11. The summed E-state index contributed by atoms with van der Waals surface area (Å²) in [5, 5.41) is 8.09.